The zero-order chi connectivity index (χ0) is 22.7. The topological polar surface area (TPSA) is 175 Å². The lowest BCUT2D eigenvalue weighted by atomic mass is 10.2. The highest BCUT2D eigenvalue weighted by molar-refractivity contribution is 7.46. The van der Waals surface area contributed by atoms with Gasteiger partial charge in [0.25, 0.3) is 0 Å². The van der Waals surface area contributed by atoms with Crippen molar-refractivity contribution in [1.29, 1.82) is 0 Å². The number of anilines is 1. The number of hydrogen-bond acceptors (Lipinski definition) is 9. The maximum absolute atomic E-state index is 12.4. The number of nitrogens with zero attached hydrogens (tertiary/aromatic N) is 4. The first kappa shape index (κ1) is 22.0. The quantitative estimate of drug-likeness (QED) is 0.433. The van der Waals surface area contributed by atoms with Crippen molar-refractivity contribution in [3.8, 4) is 0 Å². The van der Waals surface area contributed by atoms with Gasteiger partial charge in [-0.15, -0.1) is 0 Å². The van der Waals surface area contributed by atoms with Crippen LogP contribution in [0.2, 0.25) is 0 Å². The predicted molar refractivity (Wildman–Crippen MR) is 107 cm³/mol. The average Bonchev–Trinajstić information content (AvgIpc) is 3.35. The lowest BCUT2D eigenvalue weighted by Gasteiger charge is -2.14. The molecule has 168 valence electrons. The minimum Gasteiger partial charge on any atom is -0.444 e. The summed E-state index contributed by atoms with van der Waals surface area (Å²) in [7, 11) is -4.69. The summed E-state index contributed by atoms with van der Waals surface area (Å²) in [5.74, 6) is -0.266. The number of hydrogen-bond donors (Lipinski definition) is 3. The van der Waals surface area contributed by atoms with Crippen molar-refractivity contribution in [1.82, 2.24) is 19.5 Å². The molecule has 0 bridgehead atoms. The van der Waals surface area contributed by atoms with E-state index in [-0.39, 0.29) is 35.8 Å². The standard InChI is InChI=1S/C18H18N5O8P/c24-13-6-12(8-30-32(26,27)28)31-17(13)23-10-21-14-15(19-9-20-16(14)23)22-18(25)29-7-11-4-2-1-3-5-11/h1-5,9-10,12,17H,6-8H2,(H2,26,27,28)(H,19,20,22,25)/t12-,17+/m0/s1. The van der Waals surface area contributed by atoms with Crippen LogP contribution >= 0.6 is 7.82 Å². The second-order valence-electron chi connectivity index (χ2n) is 6.80. The highest BCUT2D eigenvalue weighted by Crippen LogP contribution is 2.37. The van der Waals surface area contributed by atoms with E-state index in [0.717, 1.165) is 5.56 Å². The maximum atomic E-state index is 12.4. The van der Waals surface area contributed by atoms with Gasteiger partial charge in [0.05, 0.1) is 19.0 Å². The van der Waals surface area contributed by atoms with E-state index in [1.54, 1.807) is 0 Å². The van der Waals surface area contributed by atoms with Crippen molar-refractivity contribution in [2.75, 3.05) is 11.9 Å². The molecular weight excluding hydrogens is 445 g/mol. The molecule has 0 aliphatic carbocycles. The molecule has 0 spiro atoms. The summed E-state index contributed by atoms with van der Waals surface area (Å²) >= 11 is 0. The van der Waals surface area contributed by atoms with E-state index in [1.807, 2.05) is 30.3 Å². The molecule has 3 N–H and O–H groups in total. The van der Waals surface area contributed by atoms with Crippen LogP contribution in [0.1, 0.15) is 18.2 Å². The molecule has 1 amide bonds. The Labute approximate surface area is 180 Å². The largest absolute Gasteiger partial charge is 0.469 e. The Morgan fingerprint density at radius 1 is 1.25 bits per heavy atom. The van der Waals surface area contributed by atoms with E-state index in [9.17, 15) is 14.2 Å². The molecule has 0 saturated carbocycles. The van der Waals surface area contributed by atoms with Gasteiger partial charge in [0.1, 0.15) is 12.9 Å². The first-order valence-corrected chi connectivity index (χ1v) is 10.9. The molecule has 2 aromatic heterocycles. The van der Waals surface area contributed by atoms with Gasteiger partial charge >= 0.3 is 13.9 Å². The van der Waals surface area contributed by atoms with E-state index in [4.69, 9.17) is 19.3 Å². The zero-order valence-electron chi connectivity index (χ0n) is 16.4. The number of carbonyl (C=O) groups is 2. The zero-order valence-corrected chi connectivity index (χ0v) is 17.3. The van der Waals surface area contributed by atoms with Gasteiger partial charge in [-0.05, 0) is 5.56 Å². The van der Waals surface area contributed by atoms with Crippen LogP contribution in [-0.2, 0) is 30.0 Å². The van der Waals surface area contributed by atoms with Gasteiger partial charge in [-0.1, -0.05) is 30.3 Å². The summed E-state index contributed by atoms with van der Waals surface area (Å²) in [5.41, 5.74) is 1.23. The molecule has 1 aromatic carbocycles. The van der Waals surface area contributed by atoms with Crippen LogP contribution in [0, 0.1) is 0 Å². The summed E-state index contributed by atoms with van der Waals surface area (Å²) in [6.07, 6.45) is -0.323. The van der Waals surface area contributed by atoms with Crippen molar-refractivity contribution in [2.24, 2.45) is 0 Å². The number of ketones is 1. The molecule has 3 heterocycles. The number of rotatable bonds is 7. The second kappa shape index (κ2) is 9.10. The Kier molecular flexibility index (Phi) is 6.26. The van der Waals surface area contributed by atoms with Crippen molar-refractivity contribution in [2.45, 2.75) is 25.4 Å². The molecule has 14 heteroatoms. The van der Waals surface area contributed by atoms with E-state index in [2.05, 4.69) is 24.8 Å². The fourth-order valence-electron chi connectivity index (χ4n) is 3.10. The molecule has 3 aromatic rings. The smallest absolute Gasteiger partial charge is 0.444 e. The number of phosphoric ester groups is 1. The minimum atomic E-state index is -4.69. The molecule has 1 aliphatic heterocycles. The predicted octanol–water partition coefficient (Wildman–Crippen LogP) is 1.54. The summed E-state index contributed by atoms with van der Waals surface area (Å²) in [6.45, 7) is -0.383. The summed E-state index contributed by atoms with van der Waals surface area (Å²) in [6, 6.07) is 9.13. The average molecular weight is 463 g/mol. The summed E-state index contributed by atoms with van der Waals surface area (Å²) in [4.78, 5) is 54.4. The monoisotopic (exact) mass is 463 g/mol. The first-order valence-electron chi connectivity index (χ1n) is 9.33. The Balaban J connectivity index is 1.45. The van der Waals surface area contributed by atoms with Crippen LogP contribution in [-0.4, -0.2) is 53.9 Å². The van der Waals surface area contributed by atoms with Crippen LogP contribution in [0.4, 0.5) is 10.6 Å². The van der Waals surface area contributed by atoms with Crippen molar-refractivity contribution < 1.29 is 37.9 Å². The third-order valence-corrected chi connectivity index (χ3v) is 4.98. The molecule has 13 nitrogen and oxygen atoms in total. The van der Waals surface area contributed by atoms with Crippen molar-refractivity contribution in [3.63, 3.8) is 0 Å². The lowest BCUT2D eigenvalue weighted by molar-refractivity contribution is -0.127. The van der Waals surface area contributed by atoms with Gasteiger partial charge in [0, 0.05) is 6.42 Å². The van der Waals surface area contributed by atoms with Gasteiger partial charge < -0.3 is 19.3 Å². The number of imidazole rings is 1. The molecule has 4 rings (SSSR count). The van der Waals surface area contributed by atoms with Crippen LogP contribution < -0.4 is 5.32 Å². The van der Waals surface area contributed by atoms with Gasteiger partial charge in [-0.3, -0.25) is 19.2 Å². The molecular formula is C18H18N5O8P. The van der Waals surface area contributed by atoms with E-state index in [0.29, 0.717) is 0 Å². The third kappa shape index (κ3) is 5.15. The number of carbonyl (C=O) groups excluding carboxylic acids is 2. The van der Waals surface area contributed by atoms with Crippen LogP contribution in [0.25, 0.3) is 11.2 Å². The molecule has 0 radical (unpaired) electrons. The minimum absolute atomic E-state index is 0.0673. The van der Waals surface area contributed by atoms with Crippen LogP contribution in [0.5, 0.6) is 0 Å². The number of ether oxygens (including phenoxy) is 2. The fraction of sp³-hybridized carbons (Fsp3) is 0.278. The van der Waals surface area contributed by atoms with E-state index < -0.39 is 32.9 Å². The van der Waals surface area contributed by atoms with Gasteiger partial charge in [0.2, 0.25) is 0 Å². The number of Topliss-reactive ketones (excluding diaryl/α,β-unsaturated/α-hetero) is 1. The van der Waals surface area contributed by atoms with Crippen LogP contribution in [0.3, 0.4) is 0 Å². The third-order valence-electron chi connectivity index (χ3n) is 4.50. The molecule has 2 atom stereocenters. The van der Waals surface area contributed by atoms with E-state index >= 15 is 0 Å². The number of benzene rings is 1. The molecule has 1 saturated heterocycles. The van der Waals surface area contributed by atoms with Gasteiger partial charge in [0.15, 0.2) is 29.0 Å². The highest BCUT2D eigenvalue weighted by atomic mass is 31.2. The molecule has 1 fully saturated rings. The van der Waals surface area contributed by atoms with Gasteiger partial charge in [-0.2, -0.15) is 0 Å². The lowest BCUT2D eigenvalue weighted by Crippen LogP contribution is -2.17. The number of phosphoric acid groups is 1. The normalized spacial score (nSPS) is 18.8. The first-order chi connectivity index (χ1) is 15.3. The molecule has 32 heavy (non-hydrogen) atoms. The van der Waals surface area contributed by atoms with Gasteiger partial charge in [-0.25, -0.2) is 24.3 Å². The number of amides is 1. The van der Waals surface area contributed by atoms with Crippen LogP contribution in [0.15, 0.2) is 43.0 Å². The second-order valence-corrected chi connectivity index (χ2v) is 8.04. The Bertz CT molecular complexity index is 1180. The number of fused-ring (bicyclic) bond motifs is 1. The summed E-state index contributed by atoms with van der Waals surface area (Å²) < 4.78 is 27.4. The maximum Gasteiger partial charge on any atom is 0.469 e. The van der Waals surface area contributed by atoms with Crippen molar-refractivity contribution in [3.05, 3.63) is 48.5 Å². The Morgan fingerprint density at radius 2 is 2.03 bits per heavy atom. The number of aromatic nitrogens is 4. The summed E-state index contributed by atoms with van der Waals surface area (Å²) in [5, 5.41) is 2.50. The Morgan fingerprint density at radius 3 is 2.78 bits per heavy atom. The van der Waals surface area contributed by atoms with E-state index in [1.165, 1.54) is 17.2 Å². The SMILES string of the molecule is O=C(Nc1ncnc2c1ncn2[C@@H]1O[C@H](COP(=O)(O)O)CC1=O)OCc1ccccc1. The Hall–Kier alpha value is -3.22. The fourth-order valence-corrected chi connectivity index (χ4v) is 3.46. The molecule has 0 unspecified atom stereocenters. The van der Waals surface area contributed by atoms with Crippen molar-refractivity contribution >= 4 is 36.7 Å². The highest BCUT2D eigenvalue weighted by Gasteiger charge is 2.37. The molecule has 1 aliphatic rings. The number of nitrogens with one attached hydrogen (secondary N) is 1.